The van der Waals surface area contributed by atoms with Crippen molar-refractivity contribution in [1.29, 1.82) is 0 Å². The summed E-state index contributed by atoms with van der Waals surface area (Å²) in [6.45, 7) is 3.47. The Labute approximate surface area is 145 Å². The van der Waals surface area contributed by atoms with Crippen molar-refractivity contribution in [3.63, 3.8) is 0 Å². The van der Waals surface area contributed by atoms with Crippen LogP contribution in [-0.2, 0) is 4.79 Å². The maximum atomic E-state index is 11.6. The summed E-state index contributed by atoms with van der Waals surface area (Å²) in [6.07, 6.45) is 5.54. The molecule has 0 atom stereocenters. The lowest BCUT2D eigenvalue weighted by atomic mass is 10.0. The van der Waals surface area contributed by atoms with Gasteiger partial charge in [0.1, 0.15) is 5.75 Å². The molecule has 0 amide bonds. The van der Waals surface area contributed by atoms with Crippen molar-refractivity contribution in [1.82, 2.24) is 0 Å². The lowest BCUT2D eigenvalue weighted by Crippen LogP contribution is -2.25. The van der Waals surface area contributed by atoms with Gasteiger partial charge in [0.2, 0.25) is 0 Å². The molecular weight excluding hydrogens is 308 g/mol. The molecule has 5 rings (SSSR count). The van der Waals surface area contributed by atoms with Crippen molar-refractivity contribution in [2.75, 3.05) is 0 Å². The van der Waals surface area contributed by atoms with Crippen LogP contribution in [0.5, 0.6) is 5.75 Å². The zero-order valence-electron chi connectivity index (χ0n) is 13.5. The lowest BCUT2D eigenvalue weighted by molar-refractivity contribution is -0.128. The smallest absolute Gasteiger partial charge is 0.335 e. The van der Waals surface area contributed by atoms with Gasteiger partial charge in [-0.25, -0.2) is 4.79 Å². The molecule has 2 aliphatic carbocycles. The van der Waals surface area contributed by atoms with E-state index in [1.54, 1.807) is 0 Å². The minimum atomic E-state index is -0.443. The Hall–Kier alpha value is -3.39. The molecule has 0 N–H and O–H groups in total. The number of esters is 1. The summed E-state index contributed by atoms with van der Waals surface area (Å²) in [7, 11) is 0. The molecule has 0 aromatic heterocycles. The first kappa shape index (κ1) is 14.0. The fourth-order valence-electron chi connectivity index (χ4n) is 3.75. The van der Waals surface area contributed by atoms with Gasteiger partial charge in [0.15, 0.2) is 0 Å². The highest BCUT2D eigenvalue weighted by Crippen LogP contribution is 2.35. The second-order valence-corrected chi connectivity index (χ2v) is 6.21. The van der Waals surface area contributed by atoms with E-state index in [0.717, 1.165) is 11.1 Å². The standard InChI is InChI=1S/C23H14O2/c1-2-23(24)25-22-9-5-8-16-18-11-10-17-15-7-4-3-6-14(15)12-19(17)20(18)13-21(16)22/h2-13H,1H2. The van der Waals surface area contributed by atoms with Crippen LogP contribution in [0.4, 0.5) is 0 Å². The largest absolute Gasteiger partial charge is 0.423 e. The highest BCUT2D eigenvalue weighted by Gasteiger charge is 2.21. The summed E-state index contributed by atoms with van der Waals surface area (Å²) in [5, 5.41) is 2.42. The molecule has 3 aromatic carbocycles. The van der Waals surface area contributed by atoms with Gasteiger partial charge in [-0.2, -0.15) is 0 Å². The second kappa shape index (κ2) is 5.05. The molecule has 2 nitrogen and oxygen atoms in total. The van der Waals surface area contributed by atoms with Crippen molar-refractivity contribution >= 4 is 18.1 Å². The van der Waals surface area contributed by atoms with Gasteiger partial charge in [0, 0.05) is 11.6 Å². The number of fused-ring (bicyclic) bond motifs is 7. The van der Waals surface area contributed by atoms with E-state index in [1.165, 1.54) is 38.8 Å². The van der Waals surface area contributed by atoms with Gasteiger partial charge in [0.25, 0.3) is 0 Å². The number of ether oxygens (including phenoxy) is 1. The monoisotopic (exact) mass is 322 g/mol. The van der Waals surface area contributed by atoms with Gasteiger partial charge in [-0.15, -0.1) is 0 Å². The minimum absolute atomic E-state index is 0.443. The van der Waals surface area contributed by atoms with E-state index in [4.69, 9.17) is 4.74 Å². The van der Waals surface area contributed by atoms with Crippen LogP contribution in [0.25, 0.3) is 34.4 Å². The predicted molar refractivity (Wildman–Crippen MR) is 99.5 cm³/mol. The third-order valence-corrected chi connectivity index (χ3v) is 4.86. The van der Waals surface area contributed by atoms with E-state index in [0.29, 0.717) is 5.75 Å². The third kappa shape index (κ3) is 1.94. The van der Waals surface area contributed by atoms with Crippen LogP contribution in [0.3, 0.4) is 0 Å². The maximum absolute atomic E-state index is 11.6. The van der Waals surface area contributed by atoms with Crippen LogP contribution >= 0.6 is 0 Å². The number of hydrogen-bond donors (Lipinski definition) is 0. The molecule has 0 bridgehead atoms. The Balaban J connectivity index is 1.77. The molecule has 2 heteroatoms. The van der Waals surface area contributed by atoms with Crippen molar-refractivity contribution in [2.24, 2.45) is 0 Å². The molecule has 0 spiro atoms. The summed E-state index contributed by atoms with van der Waals surface area (Å²) >= 11 is 0. The average Bonchev–Trinajstić information content (AvgIpc) is 3.20. The van der Waals surface area contributed by atoms with Crippen molar-refractivity contribution in [3.8, 4) is 28.0 Å². The molecule has 0 aliphatic heterocycles. The maximum Gasteiger partial charge on any atom is 0.335 e. The van der Waals surface area contributed by atoms with E-state index >= 15 is 0 Å². The zero-order valence-corrected chi connectivity index (χ0v) is 13.5. The predicted octanol–water partition coefficient (Wildman–Crippen LogP) is 3.40. The van der Waals surface area contributed by atoms with Gasteiger partial charge in [0.05, 0.1) is 0 Å². The number of hydrogen-bond acceptors (Lipinski definition) is 2. The quantitative estimate of drug-likeness (QED) is 0.283. The number of benzene rings is 3. The Morgan fingerprint density at radius 3 is 2.36 bits per heavy atom. The summed E-state index contributed by atoms with van der Waals surface area (Å²) in [6, 6.07) is 18.6. The summed E-state index contributed by atoms with van der Waals surface area (Å²) < 4.78 is 5.42. The average molecular weight is 322 g/mol. The Morgan fingerprint density at radius 1 is 0.800 bits per heavy atom. The Bertz CT molecular complexity index is 1200. The molecule has 0 heterocycles. The SMILES string of the molecule is C=CC(=O)Oc1cccc2c1C=c1c-2ccc2c1=Cc1ccccc1-2. The zero-order chi connectivity index (χ0) is 17.0. The molecule has 0 saturated heterocycles. The first-order chi connectivity index (χ1) is 12.3. The Kier molecular flexibility index (Phi) is 2.83. The van der Waals surface area contributed by atoms with Crippen LogP contribution < -0.4 is 15.2 Å². The van der Waals surface area contributed by atoms with Crippen LogP contribution in [0.2, 0.25) is 0 Å². The van der Waals surface area contributed by atoms with Gasteiger partial charge in [-0.3, -0.25) is 0 Å². The second-order valence-electron chi connectivity index (χ2n) is 6.21. The fourth-order valence-corrected chi connectivity index (χ4v) is 3.75. The van der Waals surface area contributed by atoms with Gasteiger partial charge in [-0.05, 0) is 56.5 Å². The Morgan fingerprint density at radius 2 is 1.52 bits per heavy atom. The third-order valence-electron chi connectivity index (χ3n) is 4.86. The van der Waals surface area contributed by atoms with E-state index in [2.05, 4.69) is 61.2 Å². The summed E-state index contributed by atoms with van der Waals surface area (Å²) in [5.74, 6) is 0.129. The molecule has 25 heavy (non-hydrogen) atoms. The van der Waals surface area contributed by atoms with E-state index < -0.39 is 5.97 Å². The number of carbonyl (C=O) groups excluding carboxylic acids is 1. The van der Waals surface area contributed by atoms with E-state index in [1.807, 2.05) is 12.1 Å². The molecular formula is C23H14O2. The van der Waals surface area contributed by atoms with Crippen LogP contribution in [0.15, 0.2) is 67.3 Å². The van der Waals surface area contributed by atoms with Crippen molar-refractivity contribution < 1.29 is 9.53 Å². The normalized spacial score (nSPS) is 12.2. The van der Waals surface area contributed by atoms with Gasteiger partial charge in [-0.1, -0.05) is 55.1 Å². The summed E-state index contributed by atoms with van der Waals surface area (Å²) in [4.78, 5) is 11.6. The minimum Gasteiger partial charge on any atom is -0.423 e. The molecule has 2 aliphatic rings. The van der Waals surface area contributed by atoms with Crippen molar-refractivity contribution in [2.45, 2.75) is 0 Å². The van der Waals surface area contributed by atoms with E-state index in [9.17, 15) is 4.79 Å². The van der Waals surface area contributed by atoms with Crippen LogP contribution in [-0.4, -0.2) is 5.97 Å². The molecule has 0 saturated carbocycles. The van der Waals surface area contributed by atoms with Gasteiger partial charge >= 0.3 is 5.97 Å². The van der Waals surface area contributed by atoms with Crippen molar-refractivity contribution in [3.05, 3.63) is 88.8 Å². The molecule has 0 unspecified atom stereocenters. The number of carbonyl (C=O) groups is 1. The first-order valence-corrected chi connectivity index (χ1v) is 8.20. The highest BCUT2D eigenvalue weighted by atomic mass is 16.5. The number of rotatable bonds is 2. The molecule has 0 fully saturated rings. The van der Waals surface area contributed by atoms with Crippen LogP contribution in [0, 0.1) is 0 Å². The van der Waals surface area contributed by atoms with E-state index in [-0.39, 0.29) is 0 Å². The van der Waals surface area contributed by atoms with Gasteiger partial charge < -0.3 is 4.74 Å². The fraction of sp³-hybridized carbons (Fsp3) is 0. The molecule has 118 valence electrons. The first-order valence-electron chi connectivity index (χ1n) is 8.20. The molecule has 0 radical (unpaired) electrons. The summed E-state index contributed by atoms with van der Waals surface area (Å²) in [5.41, 5.74) is 6.98. The molecule has 3 aromatic rings. The topological polar surface area (TPSA) is 26.3 Å². The highest BCUT2D eigenvalue weighted by molar-refractivity contribution is 5.92. The lowest BCUT2D eigenvalue weighted by Gasteiger charge is -2.07. The van der Waals surface area contributed by atoms with Crippen LogP contribution in [0.1, 0.15) is 11.1 Å².